The highest BCUT2D eigenvalue weighted by molar-refractivity contribution is 9.10. The molecule has 0 saturated heterocycles. The van der Waals surface area contributed by atoms with Gasteiger partial charge in [-0.25, -0.2) is 4.79 Å². The summed E-state index contributed by atoms with van der Waals surface area (Å²) in [5.41, 5.74) is 10.0. The maximum Gasteiger partial charge on any atom is 0.312 e. The number of hydrazine groups is 1. The molecule has 0 aromatic heterocycles. The Kier molecular flexibility index (Phi) is 7.75. The summed E-state index contributed by atoms with van der Waals surface area (Å²) in [6, 6.07) is 5.06. The fraction of sp³-hybridized carbons (Fsp3) is 0.308. The Labute approximate surface area is 140 Å². The van der Waals surface area contributed by atoms with Crippen molar-refractivity contribution in [3.63, 3.8) is 0 Å². The molecule has 120 valence electrons. The van der Waals surface area contributed by atoms with E-state index in [1.807, 2.05) is 6.26 Å². The highest BCUT2D eigenvalue weighted by atomic mass is 79.9. The molecule has 0 saturated carbocycles. The number of primary amides is 1. The maximum absolute atomic E-state index is 12.0. The summed E-state index contributed by atoms with van der Waals surface area (Å²) in [7, 11) is 0. The first-order valence-electron chi connectivity index (χ1n) is 6.34. The van der Waals surface area contributed by atoms with E-state index in [0.29, 0.717) is 17.7 Å². The SMILES string of the molecule is CSCC[C@@H](NC(N)=O)C(=O)NNC(=O)c1ccc(Br)cc1. The number of carbonyl (C=O) groups excluding carboxylic acids is 3. The minimum Gasteiger partial charge on any atom is -0.352 e. The zero-order chi connectivity index (χ0) is 16.5. The highest BCUT2D eigenvalue weighted by Crippen LogP contribution is 2.10. The molecule has 5 N–H and O–H groups in total. The van der Waals surface area contributed by atoms with Crippen molar-refractivity contribution in [1.29, 1.82) is 0 Å². The number of nitrogens with two attached hydrogens (primary N) is 1. The van der Waals surface area contributed by atoms with Crippen molar-refractivity contribution in [1.82, 2.24) is 16.2 Å². The molecule has 0 unspecified atom stereocenters. The van der Waals surface area contributed by atoms with Crippen LogP contribution in [0.15, 0.2) is 28.7 Å². The van der Waals surface area contributed by atoms with Gasteiger partial charge in [-0.15, -0.1) is 0 Å². The Bertz CT molecular complexity index is 539. The van der Waals surface area contributed by atoms with Gasteiger partial charge in [0.15, 0.2) is 0 Å². The van der Waals surface area contributed by atoms with Crippen molar-refractivity contribution >= 4 is 45.5 Å². The lowest BCUT2D eigenvalue weighted by atomic mass is 10.2. The zero-order valence-corrected chi connectivity index (χ0v) is 14.3. The summed E-state index contributed by atoms with van der Waals surface area (Å²) < 4.78 is 0.843. The van der Waals surface area contributed by atoms with E-state index >= 15 is 0 Å². The second-order valence-electron chi connectivity index (χ2n) is 4.29. The van der Waals surface area contributed by atoms with Gasteiger partial charge in [-0.2, -0.15) is 11.8 Å². The minimum atomic E-state index is -0.796. The number of amides is 4. The van der Waals surface area contributed by atoms with E-state index in [-0.39, 0.29) is 0 Å². The molecule has 4 amide bonds. The van der Waals surface area contributed by atoms with Crippen LogP contribution in [0.3, 0.4) is 0 Å². The third kappa shape index (κ3) is 6.35. The number of thioether (sulfide) groups is 1. The Morgan fingerprint density at radius 3 is 2.41 bits per heavy atom. The first-order chi connectivity index (χ1) is 10.4. The van der Waals surface area contributed by atoms with Gasteiger partial charge in [0.05, 0.1) is 0 Å². The van der Waals surface area contributed by atoms with E-state index in [1.54, 1.807) is 24.3 Å². The molecule has 7 nitrogen and oxygen atoms in total. The van der Waals surface area contributed by atoms with E-state index in [0.717, 1.165) is 4.47 Å². The van der Waals surface area contributed by atoms with Gasteiger partial charge in [-0.3, -0.25) is 20.4 Å². The topological polar surface area (TPSA) is 113 Å². The largest absolute Gasteiger partial charge is 0.352 e. The number of nitrogens with one attached hydrogen (secondary N) is 3. The first kappa shape index (κ1) is 18.3. The Morgan fingerprint density at radius 1 is 1.23 bits per heavy atom. The number of carbonyl (C=O) groups is 3. The molecule has 0 fully saturated rings. The van der Waals surface area contributed by atoms with Crippen LogP contribution in [0.2, 0.25) is 0 Å². The standard InChI is InChI=1S/C13H17BrN4O3S/c1-22-7-6-10(16-13(15)21)12(20)18-17-11(19)8-2-4-9(14)5-3-8/h2-5,10H,6-7H2,1H3,(H,17,19)(H,18,20)(H3,15,16,21)/t10-/m1/s1. The van der Waals surface area contributed by atoms with Crippen LogP contribution >= 0.6 is 27.7 Å². The molecule has 1 atom stereocenters. The predicted octanol–water partition coefficient (Wildman–Crippen LogP) is 1.00. The van der Waals surface area contributed by atoms with Crippen LogP contribution in [0, 0.1) is 0 Å². The molecule has 22 heavy (non-hydrogen) atoms. The van der Waals surface area contributed by atoms with Crippen LogP contribution in [-0.4, -0.2) is 35.9 Å². The van der Waals surface area contributed by atoms with Gasteiger partial charge in [0.25, 0.3) is 11.8 Å². The van der Waals surface area contributed by atoms with Crippen LogP contribution in [0.1, 0.15) is 16.8 Å². The van der Waals surface area contributed by atoms with Crippen LogP contribution in [0.25, 0.3) is 0 Å². The number of benzene rings is 1. The number of rotatable bonds is 6. The van der Waals surface area contributed by atoms with Crippen LogP contribution in [-0.2, 0) is 4.79 Å². The summed E-state index contributed by atoms with van der Waals surface area (Å²) in [5, 5.41) is 2.34. The summed E-state index contributed by atoms with van der Waals surface area (Å²) in [4.78, 5) is 34.7. The van der Waals surface area contributed by atoms with E-state index in [9.17, 15) is 14.4 Å². The normalized spacial score (nSPS) is 11.4. The van der Waals surface area contributed by atoms with Crippen molar-refractivity contribution in [3.8, 4) is 0 Å². The molecule has 0 bridgehead atoms. The monoisotopic (exact) mass is 388 g/mol. The summed E-state index contributed by atoms with van der Waals surface area (Å²) >= 11 is 4.80. The second kappa shape index (κ2) is 9.31. The minimum absolute atomic E-state index is 0.395. The number of hydrogen-bond donors (Lipinski definition) is 4. The Morgan fingerprint density at radius 2 is 1.86 bits per heavy atom. The van der Waals surface area contributed by atoms with Gasteiger partial charge in [0.1, 0.15) is 6.04 Å². The van der Waals surface area contributed by atoms with Gasteiger partial charge in [-0.05, 0) is 42.7 Å². The molecular weight excluding hydrogens is 372 g/mol. The quantitative estimate of drug-likeness (QED) is 0.544. The Balaban J connectivity index is 2.55. The molecule has 9 heteroatoms. The smallest absolute Gasteiger partial charge is 0.312 e. The molecule has 1 aromatic rings. The molecule has 0 spiro atoms. The average Bonchev–Trinajstić information content (AvgIpc) is 2.49. The molecule has 0 aliphatic heterocycles. The molecule has 0 aliphatic rings. The van der Waals surface area contributed by atoms with Crippen LogP contribution in [0.5, 0.6) is 0 Å². The second-order valence-corrected chi connectivity index (χ2v) is 6.19. The summed E-state index contributed by atoms with van der Waals surface area (Å²) in [5.74, 6) is -0.319. The fourth-order valence-electron chi connectivity index (χ4n) is 1.56. The van der Waals surface area contributed by atoms with Gasteiger partial charge in [0.2, 0.25) is 0 Å². The van der Waals surface area contributed by atoms with E-state index < -0.39 is 23.9 Å². The zero-order valence-electron chi connectivity index (χ0n) is 11.9. The van der Waals surface area contributed by atoms with Crippen molar-refractivity contribution in [2.45, 2.75) is 12.5 Å². The van der Waals surface area contributed by atoms with Gasteiger partial charge >= 0.3 is 6.03 Å². The highest BCUT2D eigenvalue weighted by Gasteiger charge is 2.19. The summed E-state index contributed by atoms with van der Waals surface area (Å²) in [6.07, 6.45) is 2.29. The van der Waals surface area contributed by atoms with Crippen molar-refractivity contribution in [2.24, 2.45) is 5.73 Å². The third-order valence-electron chi connectivity index (χ3n) is 2.65. The van der Waals surface area contributed by atoms with Crippen molar-refractivity contribution < 1.29 is 14.4 Å². The molecule has 0 radical (unpaired) electrons. The molecule has 0 aliphatic carbocycles. The lowest BCUT2D eigenvalue weighted by Crippen LogP contribution is -2.53. The molecule has 1 rings (SSSR count). The number of hydrogen-bond acceptors (Lipinski definition) is 4. The molecule has 0 heterocycles. The van der Waals surface area contributed by atoms with Crippen LogP contribution < -0.4 is 21.9 Å². The Hall–Kier alpha value is -1.74. The average molecular weight is 389 g/mol. The molecule has 1 aromatic carbocycles. The lowest BCUT2D eigenvalue weighted by Gasteiger charge is -2.17. The van der Waals surface area contributed by atoms with Gasteiger partial charge in [0, 0.05) is 10.0 Å². The van der Waals surface area contributed by atoms with E-state index in [4.69, 9.17) is 5.73 Å². The van der Waals surface area contributed by atoms with Crippen molar-refractivity contribution in [3.05, 3.63) is 34.3 Å². The van der Waals surface area contributed by atoms with E-state index in [2.05, 4.69) is 32.1 Å². The van der Waals surface area contributed by atoms with Gasteiger partial charge in [-0.1, -0.05) is 15.9 Å². The summed E-state index contributed by atoms with van der Waals surface area (Å²) in [6.45, 7) is 0. The predicted molar refractivity (Wildman–Crippen MR) is 89.3 cm³/mol. The fourth-order valence-corrected chi connectivity index (χ4v) is 2.29. The van der Waals surface area contributed by atoms with Gasteiger partial charge < -0.3 is 11.1 Å². The lowest BCUT2D eigenvalue weighted by molar-refractivity contribution is -0.123. The molecular formula is C13H17BrN4O3S. The third-order valence-corrected chi connectivity index (χ3v) is 3.82. The number of urea groups is 1. The number of halogens is 1. The first-order valence-corrected chi connectivity index (χ1v) is 8.53. The van der Waals surface area contributed by atoms with Crippen molar-refractivity contribution in [2.75, 3.05) is 12.0 Å². The van der Waals surface area contributed by atoms with Crippen LogP contribution in [0.4, 0.5) is 4.79 Å². The van der Waals surface area contributed by atoms with E-state index in [1.165, 1.54) is 11.8 Å². The maximum atomic E-state index is 12.0.